The van der Waals surface area contributed by atoms with Gasteiger partial charge in [0.2, 0.25) is 0 Å². The van der Waals surface area contributed by atoms with E-state index in [-0.39, 0.29) is 18.1 Å². The SMILES string of the molecule is CC(=O)c1ccc(N2CCN(CC(O)COc3ccccc3F)CC2)cc1. The number of ketones is 1. The normalized spacial score (nSPS) is 16.2. The number of aliphatic hydroxyl groups is 1. The molecule has 2 aromatic rings. The number of anilines is 1. The molecule has 2 aromatic carbocycles. The summed E-state index contributed by atoms with van der Waals surface area (Å²) in [6, 6.07) is 13.9. The van der Waals surface area contributed by atoms with Crippen molar-refractivity contribution in [3.8, 4) is 5.75 Å². The maximum atomic E-state index is 13.5. The van der Waals surface area contributed by atoms with Crippen molar-refractivity contribution < 1.29 is 19.0 Å². The number of halogens is 1. The Balaban J connectivity index is 1.43. The summed E-state index contributed by atoms with van der Waals surface area (Å²) in [5, 5.41) is 10.2. The number of Topliss-reactive ketones (excluding diaryl/α,β-unsaturated/α-hetero) is 1. The Kier molecular flexibility index (Phi) is 6.42. The van der Waals surface area contributed by atoms with Crippen LogP contribution in [0.25, 0.3) is 0 Å². The van der Waals surface area contributed by atoms with Crippen LogP contribution in [-0.2, 0) is 0 Å². The number of carbonyl (C=O) groups excluding carboxylic acids is 1. The zero-order valence-corrected chi connectivity index (χ0v) is 15.5. The summed E-state index contributed by atoms with van der Waals surface area (Å²) in [5.74, 6) is -0.192. The van der Waals surface area contributed by atoms with E-state index in [0.717, 1.165) is 37.4 Å². The number of nitrogens with zero attached hydrogens (tertiary/aromatic N) is 2. The molecule has 1 N–H and O–H groups in total. The van der Waals surface area contributed by atoms with Crippen molar-refractivity contribution >= 4 is 11.5 Å². The van der Waals surface area contributed by atoms with Crippen molar-refractivity contribution in [1.29, 1.82) is 0 Å². The molecule has 0 aliphatic carbocycles. The first-order valence-corrected chi connectivity index (χ1v) is 9.16. The van der Waals surface area contributed by atoms with E-state index in [1.807, 2.05) is 24.3 Å². The molecule has 0 bridgehead atoms. The fourth-order valence-corrected chi connectivity index (χ4v) is 3.19. The van der Waals surface area contributed by atoms with Crippen molar-refractivity contribution in [2.75, 3.05) is 44.2 Å². The Bertz CT molecular complexity index is 758. The monoisotopic (exact) mass is 372 g/mol. The zero-order chi connectivity index (χ0) is 19.2. The first-order valence-electron chi connectivity index (χ1n) is 9.16. The average molecular weight is 372 g/mol. The highest BCUT2D eigenvalue weighted by Gasteiger charge is 2.20. The third-order valence-corrected chi connectivity index (χ3v) is 4.75. The summed E-state index contributed by atoms with van der Waals surface area (Å²) >= 11 is 0. The molecular formula is C21H25FN2O3. The summed E-state index contributed by atoms with van der Waals surface area (Å²) in [7, 11) is 0. The van der Waals surface area contributed by atoms with Gasteiger partial charge < -0.3 is 14.7 Å². The van der Waals surface area contributed by atoms with Gasteiger partial charge in [0, 0.05) is 44.0 Å². The van der Waals surface area contributed by atoms with Gasteiger partial charge in [-0.2, -0.15) is 0 Å². The molecule has 1 heterocycles. The summed E-state index contributed by atoms with van der Waals surface area (Å²) in [6.45, 7) is 5.46. The average Bonchev–Trinajstić information content (AvgIpc) is 2.68. The second kappa shape index (κ2) is 8.97. The molecule has 0 amide bonds. The molecule has 6 heteroatoms. The second-order valence-corrected chi connectivity index (χ2v) is 6.79. The number of rotatable bonds is 7. The first-order chi connectivity index (χ1) is 13.0. The molecule has 0 spiro atoms. The van der Waals surface area contributed by atoms with E-state index in [2.05, 4.69) is 9.80 Å². The molecule has 1 atom stereocenters. The predicted octanol–water partition coefficient (Wildman–Crippen LogP) is 2.59. The molecule has 0 saturated carbocycles. The number of aliphatic hydroxyl groups excluding tert-OH is 1. The van der Waals surface area contributed by atoms with Gasteiger partial charge in [-0.1, -0.05) is 12.1 Å². The highest BCUT2D eigenvalue weighted by molar-refractivity contribution is 5.94. The van der Waals surface area contributed by atoms with Gasteiger partial charge in [-0.3, -0.25) is 9.69 Å². The van der Waals surface area contributed by atoms with Crippen molar-refractivity contribution in [1.82, 2.24) is 4.90 Å². The highest BCUT2D eigenvalue weighted by atomic mass is 19.1. The molecule has 1 aliphatic rings. The number of carbonyl (C=O) groups is 1. The standard InChI is InChI=1S/C21H25FN2O3/c1-16(25)17-6-8-18(9-7-17)24-12-10-23(11-13-24)14-19(26)15-27-21-5-3-2-4-20(21)22/h2-9,19,26H,10-15H2,1H3. The first kappa shape index (κ1) is 19.3. The van der Waals surface area contributed by atoms with Gasteiger partial charge >= 0.3 is 0 Å². The minimum atomic E-state index is -0.675. The third-order valence-electron chi connectivity index (χ3n) is 4.75. The number of ether oxygens (including phenoxy) is 1. The second-order valence-electron chi connectivity index (χ2n) is 6.79. The van der Waals surface area contributed by atoms with E-state index in [1.54, 1.807) is 25.1 Å². The van der Waals surface area contributed by atoms with Crippen LogP contribution in [0.3, 0.4) is 0 Å². The Hall–Kier alpha value is -2.44. The van der Waals surface area contributed by atoms with Crippen LogP contribution in [0, 0.1) is 5.82 Å². The Morgan fingerprint density at radius 1 is 1.11 bits per heavy atom. The molecule has 0 radical (unpaired) electrons. The number of hydrogen-bond acceptors (Lipinski definition) is 5. The quantitative estimate of drug-likeness (QED) is 0.757. The van der Waals surface area contributed by atoms with Gasteiger partial charge in [0.1, 0.15) is 12.7 Å². The molecule has 3 rings (SSSR count). The van der Waals surface area contributed by atoms with Gasteiger partial charge in [-0.05, 0) is 43.3 Å². The molecule has 1 saturated heterocycles. The summed E-state index contributed by atoms with van der Waals surface area (Å²) in [6.07, 6.45) is -0.675. The maximum Gasteiger partial charge on any atom is 0.165 e. The number of piperazine rings is 1. The minimum Gasteiger partial charge on any atom is -0.488 e. The lowest BCUT2D eigenvalue weighted by Gasteiger charge is -2.36. The van der Waals surface area contributed by atoms with Gasteiger partial charge in [0.15, 0.2) is 17.3 Å². The van der Waals surface area contributed by atoms with Crippen molar-refractivity contribution in [2.45, 2.75) is 13.0 Å². The molecule has 1 unspecified atom stereocenters. The minimum absolute atomic E-state index is 0.0632. The Morgan fingerprint density at radius 2 is 1.78 bits per heavy atom. The van der Waals surface area contributed by atoms with Crippen LogP contribution >= 0.6 is 0 Å². The van der Waals surface area contributed by atoms with Crippen molar-refractivity contribution in [3.63, 3.8) is 0 Å². The molecular weight excluding hydrogens is 347 g/mol. The van der Waals surface area contributed by atoms with E-state index in [1.165, 1.54) is 6.07 Å². The molecule has 5 nitrogen and oxygen atoms in total. The van der Waals surface area contributed by atoms with Crippen LogP contribution in [0.1, 0.15) is 17.3 Å². The van der Waals surface area contributed by atoms with Gasteiger partial charge in [0.25, 0.3) is 0 Å². The summed E-state index contributed by atoms with van der Waals surface area (Å²) in [5.41, 5.74) is 1.82. The number of para-hydroxylation sites is 1. The topological polar surface area (TPSA) is 53.0 Å². The fourth-order valence-electron chi connectivity index (χ4n) is 3.19. The van der Waals surface area contributed by atoms with Gasteiger partial charge in [-0.25, -0.2) is 4.39 Å². The van der Waals surface area contributed by atoms with E-state index in [0.29, 0.717) is 6.54 Å². The third kappa shape index (κ3) is 5.28. The van der Waals surface area contributed by atoms with Gasteiger partial charge in [-0.15, -0.1) is 0 Å². The van der Waals surface area contributed by atoms with Crippen LogP contribution in [0.5, 0.6) is 5.75 Å². The Labute approximate surface area is 159 Å². The van der Waals surface area contributed by atoms with E-state index in [9.17, 15) is 14.3 Å². The lowest BCUT2D eigenvalue weighted by atomic mass is 10.1. The Morgan fingerprint density at radius 3 is 2.41 bits per heavy atom. The van der Waals surface area contributed by atoms with Gasteiger partial charge in [0.05, 0.1) is 0 Å². The largest absolute Gasteiger partial charge is 0.488 e. The number of benzene rings is 2. The molecule has 27 heavy (non-hydrogen) atoms. The summed E-state index contributed by atoms with van der Waals surface area (Å²) in [4.78, 5) is 15.8. The van der Waals surface area contributed by atoms with Crippen molar-refractivity contribution in [2.24, 2.45) is 0 Å². The van der Waals surface area contributed by atoms with Crippen LogP contribution < -0.4 is 9.64 Å². The zero-order valence-electron chi connectivity index (χ0n) is 15.5. The van der Waals surface area contributed by atoms with Crippen LogP contribution in [0.4, 0.5) is 10.1 Å². The number of hydrogen-bond donors (Lipinski definition) is 1. The van der Waals surface area contributed by atoms with Crippen molar-refractivity contribution in [3.05, 3.63) is 59.9 Å². The van der Waals surface area contributed by atoms with E-state index >= 15 is 0 Å². The molecule has 1 aliphatic heterocycles. The van der Waals surface area contributed by atoms with E-state index < -0.39 is 11.9 Å². The fraction of sp³-hybridized carbons (Fsp3) is 0.381. The van der Waals surface area contributed by atoms with Crippen LogP contribution in [0.2, 0.25) is 0 Å². The predicted molar refractivity (Wildman–Crippen MR) is 103 cm³/mol. The number of β-amino-alcohol motifs (C(OH)–C–C–N with tert-alkyl or cyclic N) is 1. The lowest BCUT2D eigenvalue weighted by molar-refractivity contribution is 0.0649. The van der Waals surface area contributed by atoms with Crippen LogP contribution in [-0.4, -0.2) is 61.2 Å². The van der Waals surface area contributed by atoms with E-state index in [4.69, 9.17) is 4.74 Å². The lowest BCUT2D eigenvalue weighted by Crippen LogP contribution is -2.49. The summed E-state index contributed by atoms with van der Waals surface area (Å²) < 4.78 is 18.9. The molecule has 144 valence electrons. The highest BCUT2D eigenvalue weighted by Crippen LogP contribution is 2.18. The van der Waals surface area contributed by atoms with Crippen LogP contribution in [0.15, 0.2) is 48.5 Å². The molecule has 0 aromatic heterocycles. The maximum absolute atomic E-state index is 13.5. The molecule has 1 fully saturated rings. The smallest absolute Gasteiger partial charge is 0.165 e.